The van der Waals surface area contributed by atoms with Crippen molar-refractivity contribution in [1.82, 2.24) is 0 Å². The van der Waals surface area contributed by atoms with Gasteiger partial charge in [0.25, 0.3) is 0 Å². The summed E-state index contributed by atoms with van der Waals surface area (Å²) in [5, 5.41) is 31.2. The van der Waals surface area contributed by atoms with Crippen LogP contribution in [0.15, 0.2) is 0 Å². The largest absolute Gasteiger partial charge is 5.00 e. The van der Waals surface area contributed by atoms with Crippen LogP contribution in [0.4, 0.5) is 0 Å². The second kappa shape index (κ2) is 131. The summed E-state index contributed by atoms with van der Waals surface area (Å²) in [4.78, 5) is 0. The minimum absolute atomic E-state index is 0. The molecule has 13 heavy (non-hydrogen) atoms. The van der Waals surface area contributed by atoms with Gasteiger partial charge in [-0.2, -0.15) is 0 Å². The smallest absolute Gasteiger partial charge is 0.512 e. The van der Waals surface area contributed by atoms with Gasteiger partial charge in [0.15, 0.2) is 0 Å². The predicted molar refractivity (Wildman–Crippen MR) is 27.3 cm³/mol. The van der Waals surface area contributed by atoms with Crippen molar-refractivity contribution in [1.29, 1.82) is 31.8 Å². The number of hydrogen-bond acceptors (Lipinski definition) is 6. The molecule has 0 fully saturated rings. The Balaban J connectivity index is -0.00000000655. The fourth-order valence-electron chi connectivity index (χ4n) is 0. The van der Waals surface area contributed by atoms with E-state index in [1.165, 1.54) is 0 Å². The third-order valence-electron chi connectivity index (χ3n) is 0. The average molecular weight is 212 g/mol. The molecule has 0 unspecified atom stereocenters. The Morgan fingerprint density at radius 1 is 0.462 bits per heavy atom. The normalized spacial score (nSPS) is 0.923. The second-order valence-corrected chi connectivity index (χ2v) is 0. The average Bonchev–Trinajstić information content (AvgIpc) is 2.33. The Bertz CT molecular complexity index is 96.0. The number of rotatable bonds is 0. The van der Waals surface area contributed by atoms with Crippen LogP contribution in [0, 0.1) is 64.6 Å². The van der Waals surface area contributed by atoms with Crippen LogP contribution in [-0.4, -0.2) is 0 Å². The van der Waals surface area contributed by atoms with Crippen molar-refractivity contribution in [3.05, 3.63) is 32.9 Å². The molecule has 8 heteroatoms. The molecule has 0 aromatic rings. The van der Waals surface area contributed by atoms with Crippen LogP contribution in [0.25, 0.3) is 0 Å². The molecule has 0 spiro atoms. The molecular formula is C5CrN6O+. The van der Waals surface area contributed by atoms with Gasteiger partial charge in [0.1, 0.15) is 0 Å². The zero-order chi connectivity index (χ0) is 12.0. The van der Waals surface area contributed by atoms with Crippen molar-refractivity contribution in [3.8, 4) is 0 Å². The Kier molecular flexibility index (Phi) is 750. The maximum atomic E-state index is 7.25. The standard InChI is InChI=1S/5CN.Cr.NO/c5*1-2;;1-2/q5*-1;+5;+1. The zero-order valence-corrected chi connectivity index (χ0v) is 7.27. The summed E-state index contributed by atoms with van der Waals surface area (Å²) in [5.41, 5.74) is 5.75. The first-order valence-corrected chi connectivity index (χ1v) is 1.30. The molecule has 0 heterocycles. The van der Waals surface area contributed by atoms with Gasteiger partial charge in [-0.25, -0.2) is 0 Å². The summed E-state index contributed by atoms with van der Waals surface area (Å²) in [6.45, 7) is 23.8. The summed E-state index contributed by atoms with van der Waals surface area (Å²) in [5.74, 6) is 0. The molecule has 0 saturated heterocycles. The minimum Gasteiger partial charge on any atom is -0.512 e. The van der Waals surface area contributed by atoms with Crippen LogP contribution in [0.2, 0.25) is 0 Å². The van der Waals surface area contributed by atoms with Crippen LogP contribution in [0.3, 0.4) is 0 Å². The van der Waals surface area contributed by atoms with E-state index in [0.29, 0.717) is 0 Å². The van der Waals surface area contributed by atoms with Gasteiger partial charge in [-0.3, -0.25) is 0 Å². The zero-order valence-electron chi connectivity index (χ0n) is 6.00. The van der Waals surface area contributed by atoms with Crippen LogP contribution in [0.1, 0.15) is 0 Å². The second-order valence-electron chi connectivity index (χ2n) is 0. The van der Waals surface area contributed by atoms with Crippen molar-refractivity contribution in [2.75, 3.05) is 0 Å². The van der Waals surface area contributed by atoms with E-state index in [4.69, 9.17) is 69.4 Å². The van der Waals surface area contributed by atoms with Crippen LogP contribution >= 0.6 is 0 Å². The van der Waals surface area contributed by atoms with Crippen molar-refractivity contribution < 1.29 is 22.1 Å². The van der Waals surface area contributed by atoms with E-state index in [1.807, 2.05) is 0 Å². The molecule has 0 aliphatic rings. The molecule has 0 atom stereocenters. The van der Waals surface area contributed by atoms with E-state index in [9.17, 15) is 0 Å². The first-order valence-electron chi connectivity index (χ1n) is 1.30. The molecule has 0 N–H and O–H groups in total. The maximum absolute atomic E-state index is 7.25. The number of hydrogen-bond donors (Lipinski definition) is 0. The van der Waals surface area contributed by atoms with Crippen molar-refractivity contribution in [2.24, 2.45) is 0 Å². The van der Waals surface area contributed by atoms with E-state index in [0.717, 1.165) is 0 Å². The molecule has 0 rings (SSSR count). The predicted octanol–water partition coefficient (Wildman–Crippen LogP) is 0.376. The van der Waals surface area contributed by atoms with Gasteiger partial charge in [-0.1, -0.05) is 0 Å². The summed E-state index contributed by atoms with van der Waals surface area (Å²) >= 11 is 0. The topological polar surface area (TPSA) is 163 Å². The van der Waals surface area contributed by atoms with Crippen molar-refractivity contribution in [3.63, 3.8) is 0 Å². The van der Waals surface area contributed by atoms with E-state index < -0.39 is 0 Å². The fourth-order valence-corrected chi connectivity index (χ4v) is 0. The molecule has 0 aromatic carbocycles. The van der Waals surface area contributed by atoms with Gasteiger partial charge >= 0.3 is 27.6 Å². The monoisotopic (exact) mass is 212 g/mol. The van der Waals surface area contributed by atoms with Gasteiger partial charge in [-0.05, 0) is 0 Å². The Hall–Kier alpha value is -2.35. The van der Waals surface area contributed by atoms with Gasteiger partial charge in [0, 0.05) is 0 Å². The quantitative estimate of drug-likeness (QED) is 0.415. The summed E-state index contributed by atoms with van der Waals surface area (Å²) in [6.07, 6.45) is 0. The SMILES string of the molecule is N#[O+].[C-]#N.[C-]#N.[C-]#N.[C-]#N.[C-]#N.[Cr+5]. The van der Waals surface area contributed by atoms with E-state index in [-0.39, 0.29) is 17.4 Å². The molecular weight excluding hydrogens is 212 g/mol. The summed E-state index contributed by atoms with van der Waals surface area (Å²) in [6, 6.07) is 0. The molecule has 0 aromatic heterocycles. The van der Waals surface area contributed by atoms with E-state index in [1.54, 1.807) is 0 Å². The molecule has 0 amide bonds. The summed E-state index contributed by atoms with van der Waals surface area (Å²) in [7, 11) is 0. The molecule has 0 bridgehead atoms. The van der Waals surface area contributed by atoms with E-state index in [2.05, 4.69) is 0 Å². The molecule has 0 saturated carbocycles. The molecule has 0 aliphatic carbocycles. The molecule has 7 nitrogen and oxygen atoms in total. The first kappa shape index (κ1) is 74.4. The first-order chi connectivity index (χ1) is 6.00. The van der Waals surface area contributed by atoms with Crippen molar-refractivity contribution >= 4 is 0 Å². The van der Waals surface area contributed by atoms with Crippen LogP contribution in [-0.2, 0) is 22.1 Å². The van der Waals surface area contributed by atoms with Crippen molar-refractivity contribution in [2.45, 2.75) is 0 Å². The van der Waals surface area contributed by atoms with Crippen LogP contribution < -0.4 is 0 Å². The van der Waals surface area contributed by atoms with Crippen LogP contribution in [0.5, 0.6) is 0 Å². The third kappa shape index (κ3) is 103. The minimum atomic E-state index is 0. The van der Waals surface area contributed by atoms with Gasteiger partial charge in [0.2, 0.25) is 0 Å². The molecule has 61 valence electrons. The fraction of sp³-hybridized carbons (Fsp3) is 0. The molecule has 1 radical (unpaired) electrons. The Labute approximate surface area is 87.3 Å². The number of nitrogens with zero attached hydrogens (tertiary/aromatic N) is 6. The van der Waals surface area contributed by atoms with Gasteiger partial charge in [0.05, 0.1) is 0 Å². The Morgan fingerprint density at radius 2 is 0.462 bits per heavy atom. The molecule has 0 aliphatic heterocycles. The Morgan fingerprint density at radius 3 is 0.462 bits per heavy atom. The van der Waals surface area contributed by atoms with Gasteiger partial charge < -0.3 is 59.2 Å². The summed E-state index contributed by atoms with van der Waals surface area (Å²) < 4.78 is 7.25. The van der Waals surface area contributed by atoms with Gasteiger partial charge in [-0.15, -0.1) is 0 Å². The third-order valence-corrected chi connectivity index (χ3v) is 0. The maximum Gasteiger partial charge on any atom is 5.00 e. The van der Waals surface area contributed by atoms with E-state index >= 15 is 0 Å².